The van der Waals surface area contributed by atoms with Gasteiger partial charge in [-0.05, 0) is 42.0 Å². The molecule has 10 heteroatoms. The molecule has 0 bridgehead atoms. The van der Waals surface area contributed by atoms with E-state index in [1.165, 1.54) is 0 Å². The zero-order valence-electron chi connectivity index (χ0n) is 20.1. The molecule has 3 aromatic rings. The van der Waals surface area contributed by atoms with Crippen molar-refractivity contribution in [3.63, 3.8) is 0 Å². The number of halogens is 3. The summed E-state index contributed by atoms with van der Waals surface area (Å²) < 4.78 is 48.6. The molecule has 0 aliphatic heterocycles. The summed E-state index contributed by atoms with van der Waals surface area (Å²) in [4.78, 5) is 27.9. The Kier molecular flexibility index (Phi) is 8.19. The van der Waals surface area contributed by atoms with E-state index in [2.05, 4.69) is 35.8 Å². The number of benzene rings is 2. The highest BCUT2D eigenvalue weighted by Crippen LogP contribution is 2.31. The molecular formula is C26H25F3N2O4S. The third kappa shape index (κ3) is 6.51. The number of ether oxygens (including phenoxy) is 1. The maximum absolute atomic E-state index is 15.1. The number of nitrogens with one attached hydrogen (secondary N) is 1. The van der Waals surface area contributed by atoms with Crippen LogP contribution in [0.15, 0.2) is 41.5 Å². The lowest BCUT2D eigenvalue weighted by atomic mass is 9.88. The van der Waals surface area contributed by atoms with Crippen LogP contribution < -0.4 is 5.32 Å². The highest BCUT2D eigenvalue weighted by atomic mass is 32.1. The Morgan fingerprint density at radius 1 is 1.17 bits per heavy atom. The van der Waals surface area contributed by atoms with E-state index >= 15 is 4.39 Å². The molecule has 2 N–H and O–H groups in total. The van der Waals surface area contributed by atoms with Crippen molar-refractivity contribution in [2.45, 2.75) is 33.6 Å². The molecule has 0 spiro atoms. The third-order valence-electron chi connectivity index (χ3n) is 5.27. The van der Waals surface area contributed by atoms with Gasteiger partial charge in [0.05, 0.1) is 12.8 Å². The molecule has 0 saturated heterocycles. The number of carboxylic acids is 1. The molecule has 3 rings (SSSR count). The van der Waals surface area contributed by atoms with Crippen molar-refractivity contribution < 1.29 is 32.6 Å². The predicted octanol–water partition coefficient (Wildman–Crippen LogP) is 6.53. The lowest BCUT2D eigenvalue weighted by Crippen LogP contribution is -2.13. The predicted molar refractivity (Wildman–Crippen MR) is 132 cm³/mol. The number of hydrogen-bond acceptors (Lipinski definition) is 5. The number of aryl methyl sites for hydroxylation is 1. The van der Waals surface area contributed by atoms with Gasteiger partial charge < -0.3 is 9.84 Å². The zero-order valence-corrected chi connectivity index (χ0v) is 20.9. The van der Waals surface area contributed by atoms with Gasteiger partial charge in [0.15, 0.2) is 5.13 Å². The summed E-state index contributed by atoms with van der Waals surface area (Å²) in [7, 11) is 1.05. The van der Waals surface area contributed by atoms with Gasteiger partial charge in [0.2, 0.25) is 5.76 Å². The number of anilines is 1. The average Bonchev–Trinajstić information content (AvgIpc) is 3.25. The van der Waals surface area contributed by atoms with Crippen LogP contribution in [0.4, 0.5) is 18.3 Å². The first-order valence-corrected chi connectivity index (χ1v) is 11.8. The SMILES string of the molecule is CO/C(=C\c1c(F)cc(C(=O)Nc2nc(-c3cccc(CCC(C)(C)C)c3F)cs2)cc1F)C(=O)O. The Morgan fingerprint density at radius 3 is 2.42 bits per heavy atom. The van der Waals surface area contributed by atoms with E-state index in [9.17, 15) is 18.4 Å². The topological polar surface area (TPSA) is 88.5 Å². The minimum absolute atomic E-state index is 0.0519. The Hall–Kier alpha value is -3.66. The van der Waals surface area contributed by atoms with Crippen molar-refractivity contribution in [2.24, 2.45) is 5.41 Å². The Morgan fingerprint density at radius 2 is 1.83 bits per heavy atom. The normalized spacial score (nSPS) is 11.9. The summed E-state index contributed by atoms with van der Waals surface area (Å²) in [5, 5.41) is 13.1. The first-order valence-electron chi connectivity index (χ1n) is 10.9. The van der Waals surface area contributed by atoms with Crippen LogP contribution in [0.5, 0.6) is 0 Å². The minimum atomic E-state index is -1.51. The largest absolute Gasteiger partial charge is 0.490 e. The summed E-state index contributed by atoms with van der Waals surface area (Å²) in [5.41, 5.74) is 0.229. The van der Waals surface area contributed by atoms with Crippen LogP contribution in [0.3, 0.4) is 0 Å². The lowest BCUT2D eigenvalue weighted by Gasteiger charge is -2.18. The number of carboxylic acid groups (broad SMARTS) is 1. The monoisotopic (exact) mass is 518 g/mol. The van der Waals surface area contributed by atoms with E-state index in [4.69, 9.17) is 5.11 Å². The van der Waals surface area contributed by atoms with Gasteiger partial charge in [0.1, 0.15) is 17.5 Å². The van der Waals surface area contributed by atoms with E-state index < -0.39 is 34.8 Å². The number of thiazole rings is 1. The highest BCUT2D eigenvalue weighted by Gasteiger charge is 2.19. The van der Waals surface area contributed by atoms with Gasteiger partial charge in [-0.2, -0.15) is 0 Å². The van der Waals surface area contributed by atoms with Gasteiger partial charge >= 0.3 is 5.97 Å². The van der Waals surface area contributed by atoms with Gasteiger partial charge in [-0.15, -0.1) is 11.3 Å². The molecule has 0 aliphatic rings. The van der Waals surface area contributed by atoms with Gasteiger partial charge in [0.25, 0.3) is 5.91 Å². The zero-order chi connectivity index (χ0) is 26.6. The number of methoxy groups -OCH3 is 1. The molecule has 36 heavy (non-hydrogen) atoms. The fourth-order valence-electron chi connectivity index (χ4n) is 3.30. The van der Waals surface area contributed by atoms with E-state index in [0.717, 1.165) is 37.0 Å². The van der Waals surface area contributed by atoms with E-state index in [1.807, 2.05) is 0 Å². The van der Waals surface area contributed by atoms with Crippen molar-refractivity contribution in [2.75, 3.05) is 12.4 Å². The molecular weight excluding hydrogens is 493 g/mol. The quantitative estimate of drug-likeness (QED) is 0.261. The maximum atomic E-state index is 15.1. The van der Waals surface area contributed by atoms with Crippen molar-refractivity contribution in [1.29, 1.82) is 0 Å². The molecule has 1 amide bonds. The number of rotatable bonds is 8. The summed E-state index contributed by atoms with van der Waals surface area (Å²) in [6.45, 7) is 6.25. The van der Waals surface area contributed by atoms with Gasteiger partial charge in [-0.25, -0.2) is 22.9 Å². The van der Waals surface area contributed by atoms with E-state index in [0.29, 0.717) is 29.3 Å². The first-order chi connectivity index (χ1) is 16.9. The smallest absolute Gasteiger partial charge is 0.371 e. The number of aromatic nitrogens is 1. The second-order valence-corrected chi connectivity index (χ2v) is 10.1. The molecule has 2 aromatic carbocycles. The molecule has 0 aliphatic carbocycles. The summed E-state index contributed by atoms with van der Waals surface area (Å²) in [6, 6.07) is 6.61. The minimum Gasteiger partial charge on any atom is -0.490 e. The molecule has 0 fully saturated rings. The molecule has 0 radical (unpaired) electrons. The van der Waals surface area contributed by atoms with Crippen LogP contribution in [-0.4, -0.2) is 29.1 Å². The van der Waals surface area contributed by atoms with Crippen LogP contribution in [0.25, 0.3) is 17.3 Å². The molecule has 1 aromatic heterocycles. The number of amides is 1. The van der Waals surface area contributed by atoms with E-state index in [1.54, 1.807) is 23.6 Å². The Balaban J connectivity index is 1.80. The lowest BCUT2D eigenvalue weighted by molar-refractivity contribution is -0.135. The van der Waals surface area contributed by atoms with Gasteiger partial charge in [0, 0.05) is 28.1 Å². The summed E-state index contributed by atoms with van der Waals surface area (Å²) >= 11 is 1.04. The van der Waals surface area contributed by atoms with Crippen LogP contribution in [0.1, 0.15) is 48.7 Å². The molecule has 0 saturated carbocycles. The molecule has 1 heterocycles. The fourth-order valence-corrected chi connectivity index (χ4v) is 4.00. The third-order valence-corrected chi connectivity index (χ3v) is 6.03. The van der Waals surface area contributed by atoms with Crippen LogP contribution in [-0.2, 0) is 16.0 Å². The van der Waals surface area contributed by atoms with Crippen LogP contribution in [0, 0.1) is 22.9 Å². The van der Waals surface area contributed by atoms with E-state index in [-0.39, 0.29) is 21.9 Å². The number of nitrogens with zero attached hydrogens (tertiary/aromatic N) is 1. The first kappa shape index (κ1) is 26.9. The van der Waals surface area contributed by atoms with Gasteiger partial charge in [-0.3, -0.25) is 10.1 Å². The van der Waals surface area contributed by atoms with Crippen molar-refractivity contribution in [3.05, 3.63) is 75.6 Å². The highest BCUT2D eigenvalue weighted by molar-refractivity contribution is 7.14. The molecule has 190 valence electrons. The number of carbonyl (C=O) groups excluding carboxylic acids is 1. The number of aliphatic carboxylic acids is 1. The summed E-state index contributed by atoms with van der Waals surface area (Å²) in [5.74, 6) is -5.69. The van der Waals surface area contributed by atoms with Crippen molar-refractivity contribution in [1.82, 2.24) is 4.98 Å². The van der Waals surface area contributed by atoms with Crippen LogP contribution >= 0.6 is 11.3 Å². The number of hydrogen-bond donors (Lipinski definition) is 2. The van der Waals surface area contributed by atoms with Crippen LogP contribution in [0.2, 0.25) is 0 Å². The molecule has 6 nitrogen and oxygen atoms in total. The van der Waals surface area contributed by atoms with Crippen molar-refractivity contribution in [3.8, 4) is 11.3 Å². The number of carbonyl (C=O) groups is 2. The van der Waals surface area contributed by atoms with Gasteiger partial charge in [-0.1, -0.05) is 32.9 Å². The second-order valence-electron chi connectivity index (χ2n) is 9.20. The van der Waals surface area contributed by atoms with Crippen molar-refractivity contribution >= 4 is 34.4 Å². The average molecular weight is 519 g/mol. The maximum Gasteiger partial charge on any atom is 0.371 e. The molecule has 0 atom stereocenters. The fraction of sp³-hybridized carbons (Fsp3) is 0.269. The Labute approximate surface area is 210 Å². The molecule has 0 unspecified atom stereocenters. The summed E-state index contributed by atoms with van der Waals surface area (Å²) in [6.07, 6.45) is 2.06. The Bertz CT molecular complexity index is 1310. The second kappa shape index (κ2) is 10.9. The standard InChI is InChI=1S/C26H25F3N2O4S/c1-26(2,3)9-8-14-6-5-7-16(22(14)29)20-13-36-25(30-20)31-23(32)15-10-18(27)17(19(28)11-15)12-21(35-4)24(33)34/h5-7,10-13H,8-9H2,1-4H3,(H,33,34)(H,30,31,32)/b21-12-.